The van der Waals surface area contributed by atoms with E-state index >= 15 is 0 Å². The summed E-state index contributed by atoms with van der Waals surface area (Å²) in [5.41, 5.74) is 0.0817. The molecule has 7 nitrogen and oxygen atoms in total. The van der Waals surface area contributed by atoms with Gasteiger partial charge < -0.3 is 23.2 Å². The van der Waals surface area contributed by atoms with Crippen LogP contribution in [0.2, 0.25) is 0 Å². The van der Waals surface area contributed by atoms with Gasteiger partial charge in [0.1, 0.15) is 5.58 Å². The molecule has 0 bridgehead atoms. The summed E-state index contributed by atoms with van der Waals surface area (Å²) in [6.45, 7) is 3.62. The fraction of sp³-hybridized carbons (Fsp3) is 0.300. The minimum Gasteiger partial charge on any atom is -0.473 e. The van der Waals surface area contributed by atoms with E-state index in [0.29, 0.717) is 43.0 Å². The van der Waals surface area contributed by atoms with E-state index in [4.69, 9.17) is 18.3 Å². The molecule has 27 heavy (non-hydrogen) atoms. The van der Waals surface area contributed by atoms with Crippen LogP contribution in [0.1, 0.15) is 6.92 Å². The number of ether oxygens (including phenoxy) is 2. The molecule has 1 aliphatic rings. The lowest BCUT2D eigenvalue weighted by molar-refractivity contribution is -0.142. The van der Waals surface area contributed by atoms with Crippen LogP contribution in [-0.4, -0.2) is 43.2 Å². The lowest BCUT2D eigenvalue weighted by Crippen LogP contribution is -2.46. The molecule has 1 atom stereocenters. The van der Waals surface area contributed by atoms with E-state index in [9.17, 15) is 9.59 Å². The van der Waals surface area contributed by atoms with Crippen LogP contribution in [0.5, 0.6) is 5.75 Å². The average molecular weight is 369 g/mol. The van der Waals surface area contributed by atoms with Crippen molar-refractivity contribution >= 4 is 16.9 Å². The molecule has 4 rings (SSSR count). The lowest BCUT2D eigenvalue weighted by atomic mass is 10.2. The number of morpholine rings is 1. The van der Waals surface area contributed by atoms with Gasteiger partial charge in [0.25, 0.3) is 5.91 Å². The van der Waals surface area contributed by atoms with Gasteiger partial charge in [0.2, 0.25) is 16.9 Å². The Labute approximate surface area is 155 Å². The van der Waals surface area contributed by atoms with Gasteiger partial charge in [-0.2, -0.15) is 0 Å². The number of hydrogen-bond acceptors (Lipinski definition) is 6. The van der Waals surface area contributed by atoms with E-state index in [2.05, 4.69) is 0 Å². The van der Waals surface area contributed by atoms with Crippen LogP contribution >= 0.6 is 0 Å². The number of amides is 1. The van der Waals surface area contributed by atoms with Gasteiger partial charge in [0.15, 0.2) is 11.9 Å². The molecular weight excluding hydrogens is 350 g/mol. The van der Waals surface area contributed by atoms with Crippen molar-refractivity contribution in [2.45, 2.75) is 13.0 Å². The largest absolute Gasteiger partial charge is 0.473 e. The highest BCUT2D eigenvalue weighted by Crippen LogP contribution is 2.31. The molecule has 1 aromatic carbocycles. The highest BCUT2D eigenvalue weighted by Gasteiger charge is 2.27. The highest BCUT2D eigenvalue weighted by molar-refractivity contribution is 5.83. The number of nitrogens with zero attached hydrogens (tertiary/aromatic N) is 1. The Balaban J connectivity index is 1.73. The Bertz CT molecular complexity index is 1000. The quantitative estimate of drug-likeness (QED) is 0.703. The van der Waals surface area contributed by atoms with Gasteiger partial charge in [-0.15, -0.1) is 0 Å². The van der Waals surface area contributed by atoms with Crippen LogP contribution in [0, 0.1) is 0 Å². The molecular formula is C20H19NO6. The molecule has 0 spiro atoms. The molecule has 0 saturated carbocycles. The molecule has 1 amide bonds. The van der Waals surface area contributed by atoms with Crippen molar-refractivity contribution in [2.75, 3.05) is 26.3 Å². The van der Waals surface area contributed by atoms with Crippen molar-refractivity contribution in [1.82, 2.24) is 4.90 Å². The van der Waals surface area contributed by atoms with E-state index in [1.165, 1.54) is 6.26 Å². The second-order valence-electron chi connectivity index (χ2n) is 6.26. The first-order valence-electron chi connectivity index (χ1n) is 8.78. The van der Waals surface area contributed by atoms with Crippen LogP contribution in [0.3, 0.4) is 0 Å². The maximum Gasteiger partial charge on any atom is 0.263 e. The van der Waals surface area contributed by atoms with E-state index in [-0.39, 0.29) is 22.8 Å². The fourth-order valence-electron chi connectivity index (χ4n) is 3.07. The summed E-state index contributed by atoms with van der Waals surface area (Å²) >= 11 is 0. The number of carbonyl (C=O) groups excluding carboxylic acids is 1. The maximum atomic E-state index is 13.0. The summed E-state index contributed by atoms with van der Waals surface area (Å²) in [5.74, 6) is 0.304. The molecule has 1 saturated heterocycles. The van der Waals surface area contributed by atoms with Crippen molar-refractivity contribution < 1.29 is 23.1 Å². The number of benzene rings is 1. The van der Waals surface area contributed by atoms with E-state index in [0.717, 1.165) is 0 Å². The van der Waals surface area contributed by atoms with E-state index in [1.807, 2.05) is 0 Å². The van der Waals surface area contributed by atoms with Gasteiger partial charge in [-0.05, 0) is 31.2 Å². The Kier molecular flexibility index (Phi) is 4.68. The third-order valence-corrected chi connectivity index (χ3v) is 4.47. The molecule has 3 aromatic rings. The molecule has 7 heteroatoms. The van der Waals surface area contributed by atoms with Crippen LogP contribution in [0.15, 0.2) is 56.3 Å². The topological polar surface area (TPSA) is 82.1 Å². The minimum atomic E-state index is -0.846. The van der Waals surface area contributed by atoms with Gasteiger partial charge in [0.05, 0.1) is 24.9 Å². The molecule has 1 aliphatic heterocycles. The number of rotatable bonds is 4. The predicted molar refractivity (Wildman–Crippen MR) is 97.7 cm³/mol. The monoisotopic (exact) mass is 369 g/mol. The zero-order valence-corrected chi connectivity index (χ0v) is 14.8. The molecule has 0 N–H and O–H groups in total. The number of fused-ring (bicyclic) bond motifs is 1. The average Bonchev–Trinajstić information content (AvgIpc) is 3.24. The van der Waals surface area contributed by atoms with Crippen molar-refractivity contribution in [2.24, 2.45) is 0 Å². The van der Waals surface area contributed by atoms with Gasteiger partial charge in [0, 0.05) is 13.1 Å². The lowest BCUT2D eigenvalue weighted by Gasteiger charge is -2.29. The second-order valence-corrected chi connectivity index (χ2v) is 6.26. The molecule has 3 heterocycles. The Morgan fingerprint density at radius 3 is 2.67 bits per heavy atom. The normalized spacial score (nSPS) is 15.7. The van der Waals surface area contributed by atoms with Crippen LogP contribution in [-0.2, 0) is 9.53 Å². The summed E-state index contributed by atoms with van der Waals surface area (Å²) in [4.78, 5) is 27.3. The Hall–Kier alpha value is -3.06. The van der Waals surface area contributed by atoms with Crippen LogP contribution in [0.25, 0.3) is 22.5 Å². The molecule has 0 aliphatic carbocycles. The van der Waals surface area contributed by atoms with Gasteiger partial charge in [-0.25, -0.2) is 0 Å². The first-order valence-corrected chi connectivity index (χ1v) is 8.78. The standard InChI is InChI=1S/C20H19NO6/c1-13(20(23)21-8-11-24-12-9-21)26-19-17(22)14-5-2-3-6-15(14)27-18(19)16-7-4-10-25-16/h2-7,10,13H,8-9,11-12H2,1H3. The number of hydrogen-bond donors (Lipinski definition) is 0. The fourth-order valence-corrected chi connectivity index (χ4v) is 3.07. The first-order chi connectivity index (χ1) is 13.1. The molecule has 1 fully saturated rings. The molecule has 1 unspecified atom stereocenters. The number of furan rings is 1. The molecule has 0 radical (unpaired) electrons. The van der Waals surface area contributed by atoms with Gasteiger partial charge in [-0.3, -0.25) is 9.59 Å². The Morgan fingerprint density at radius 1 is 1.15 bits per heavy atom. The summed E-state index contributed by atoms with van der Waals surface area (Å²) in [5, 5.41) is 0.383. The minimum absolute atomic E-state index is 0.0299. The number of carbonyl (C=O) groups is 1. The second kappa shape index (κ2) is 7.28. The van der Waals surface area contributed by atoms with E-state index in [1.54, 1.807) is 48.2 Å². The number of para-hydroxylation sites is 1. The zero-order valence-electron chi connectivity index (χ0n) is 14.8. The smallest absolute Gasteiger partial charge is 0.263 e. The SMILES string of the molecule is CC(Oc1c(-c2ccco2)oc2ccccc2c1=O)C(=O)N1CCOCC1. The van der Waals surface area contributed by atoms with Gasteiger partial charge >= 0.3 is 0 Å². The van der Waals surface area contributed by atoms with Crippen LogP contribution < -0.4 is 10.2 Å². The first kappa shape index (κ1) is 17.4. The Morgan fingerprint density at radius 2 is 1.93 bits per heavy atom. The molecule has 140 valence electrons. The van der Waals surface area contributed by atoms with Gasteiger partial charge in [-0.1, -0.05) is 12.1 Å². The van der Waals surface area contributed by atoms with Crippen molar-refractivity contribution in [3.8, 4) is 17.3 Å². The summed E-state index contributed by atoms with van der Waals surface area (Å²) in [6.07, 6.45) is 0.636. The van der Waals surface area contributed by atoms with Crippen molar-refractivity contribution in [3.63, 3.8) is 0 Å². The molecule has 2 aromatic heterocycles. The predicted octanol–water partition coefficient (Wildman–Crippen LogP) is 2.68. The maximum absolute atomic E-state index is 13.0. The third kappa shape index (κ3) is 3.33. The van der Waals surface area contributed by atoms with Crippen LogP contribution in [0.4, 0.5) is 0 Å². The zero-order chi connectivity index (χ0) is 18.8. The highest BCUT2D eigenvalue weighted by atomic mass is 16.5. The summed E-state index contributed by atoms with van der Waals surface area (Å²) in [7, 11) is 0. The van der Waals surface area contributed by atoms with Crippen molar-refractivity contribution in [3.05, 3.63) is 52.9 Å². The summed E-state index contributed by atoms with van der Waals surface area (Å²) < 4.78 is 22.4. The van der Waals surface area contributed by atoms with E-state index < -0.39 is 6.10 Å². The summed E-state index contributed by atoms with van der Waals surface area (Å²) in [6, 6.07) is 10.3. The van der Waals surface area contributed by atoms with Crippen molar-refractivity contribution in [1.29, 1.82) is 0 Å². The third-order valence-electron chi connectivity index (χ3n) is 4.47.